The van der Waals surface area contributed by atoms with Gasteiger partial charge < -0.3 is 14.8 Å². The van der Waals surface area contributed by atoms with Crippen molar-refractivity contribution in [3.05, 3.63) is 78.2 Å². The van der Waals surface area contributed by atoms with Crippen molar-refractivity contribution in [1.82, 2.24) is 14.5 Å². The molecule has 3 heterocycles. The van der Waals surface area contributed by atoms with Gasteiger partial charge in [-0.1, -0.05) is 6.07 Å². The van der Waals surface area contributed by atoms with Gasteiger partial charge in [-0.05, 0) is 67.8 Å². The molecule has 148 valence electrons. The van der Waals surface area contributed by atoms with Gasteiger partial charge in [0.2, 0.25) is 5.91 Å². The maximum Gasteiger partial charge on any atom is 0.253 e. The first-order valence-electron chi connectivity index (χ1n) is 9.87. The number of carbonyl (C=O) groups is 2. The quantitative estimate of drug-likeness (QED) is 0.742. The smallest absolute Gasteiger partial charge is 0.253 e. The third-order valence-electron chi connectivity index (χ3n) is 5.35. The van der Waals surface area contributed by atoms with Gasteiger partial charge in [0.25, 0.3) is 5.91 Å². The number of likely N-dealkylation sites (tertiary alicyclic amines) is 1. The molecule has 6 heteroatoms. The lowest BCUT2D eigenvalue weighted by Crippen LogP contribution is -2.43. The SMILES string of the molecule is Cc1cccnc1NC(=O)C1CCCN(C(=O)c2ccc(-n3cccc3)cc2)C1. The molecule has 3 aromatic rings. The molecule has 1 saturated heterocycles. The number of nitrogens with zero attached hydrogens (tertiary/aromatic N) is 3. The van der Waals surface area contributed by atoms with E-state index < -0.39 is 0 Å². The molecular weight excluding hydrogens is 364 g/mol. The van der Waals surface area contributed by atoms with Crippen LogP contribution in [0.15, 0.2) is 67.1 Å². The Balaban J connectivity index is 1.42. The van der Waals surface area contributed by atoms with Gasteiger partial charge >= 0.3 is 0 Å². The molecule has 1 N–H and O–H groups in total. The second kappa shape index (κ2) is 8.31. The lowest BCUT2D eigenvalue weighted by Gasteiger charge is -2.32. The van der Waals surface area contributed by atoms with Gasteiger partial charge in [0, 0.05) is 42.9 Å². The number of benzene rings is 1. The highest BCUT2D eigenvalue weighted by Gasteiger charge is 2.29. The Morgan fingerprint density at radius 3 is 2.55 bits per heavy atom. The highest BCUT2D eigenvalue weighted by atomic mass is 16.2. The first-order chi connectivity index (χ1) is 14.1. The second-order valence-corrected chi connectivity index (χ2v) is 7.39. The number of carbonyl (C=O) groups excluding carboxylic acids is 2. The van der Waals surface area contributed by atoms with E-state index in [0.29, 0.717) is 24.5 Å². The molecule has 0 aliphatic carbocycles. The van der Waals surface area contributed by atoms with Crippen molar-refractivity contribution in [1.29, 1.82) is 0 Å². The van der Waals surface area contributed by atoms with Gasteiger partial charge in [0.15, 0.2) is 0 Å². The van der Waals surface area contributed by atoms with Crippen LogP contribution in [0.25, 0.3) is 5.69 Å². The van der Waals surface area contributed by atoms with Crippen LogP contribution in [0.4, 0.5) is 5.82 Å². The topological polar surface area (TPSA) is 67.2 Å². The van der Waals surface area contributed by atoms with Gasteiger partial charge in [0.05, 0.1) is 5.92 Å². The van der Waals surface area contributed by atoms with E-state index in [9.17, 15) is 9.59 Å². The van der Waals surface area contributed by atoms with E-state index in [1.807, 2.05) is 72.4 Å². The number of amides is 2. The van der Waals surface area contributed by atoms with Crippen LogP contribution in [0.2, 0.25) is 0 Å². The second-order valence-electron chi connectivity index (χ2n) is 7.39. The van der Waals surface area contributed by atoms with E-state index in [4.69, 9.17) is 0 Å². The predicted octanol–water partition coefficient (Wildman–Crippen LogP) is 3.67. The Morgan fingerprint density at radius 1 is 1.07 bits per heavy atom. The Kier molecular flexibility index (Phi) is 5.42. The molecular formula is C23H24N4O2. The number of anilines is 1. The van der Waals surface area contributed by atoms with Crippen LogP contribution in [0.3, 0.4) is 0 Å². The van der Waals surface area contributed by atoms with Gasteiger partial charge in [0.1, 0.15) is 5.82 Å². The minimum Gasteiger partial charge on any atom is -0.338 e. The monoisotopic (exact) mass is 388 g/mol. The zero-order valence-electron chi connectivity index (χ0n) is 16.4. The molecule has 4 rings (SSSR count). The molecule has 1 aliphatic rings. The van der Waals surface area contributed by atoms with Crippen molar-refractivity contribution in [2.45, 2.75) is 19.8 Å². The number of nitrogens with one attached hydrogen (secondary N) is 1. The Bertz CT molecular complexity index is 996. The van der Waals surface area contributed by atoms with Gasteiger partial charge in [-0.25, -0.2) is 4.98 Å². The maximum absolute atomic E-state index is 13.0. The fraction of sp³-hybridized carbons (Fsp3) is 0.261. The minimum absolute atomic E-state index is 0.0319. The van der Waals surface area contributed by atoms with Crippen LogP contribution in [-0.4, -0.2) is 39.4 Å². The number of piperidine rings is 1. The molecule has 29 heavy (non-hydrogen) atoms. The summed E-state index contributed by atoms with van der Waals surface area (Å²) in [5, 5.41) is 2.91. The van der Waals surface area contributed by atoms with Crippen LogP contribution in [0.5, 0.6) is 0 Å². The van der Waals surface area contributed by atoms with E-state index in [0.717, 1.165) is 24.1 Å². The number of aromatic nitrogens is 2. The summed E-state index contributed by atoms with van der Waals surface area (Å²) in [4.78, 5) is 31.7. The fourth-order valence-electron chi connectivity index (χ4n) is 3.68. The lowest BCUT2D eigenvalue weighted by atomic mass is 9.96. The molecule has 1 aromatic carbocycles. The average Bonchev–Trinajstić information content (AvgIpc) is 3.30. The highest BCUT2D eigenvalue weighted by Crippen LogP contribution is 2.21. The van der Waals surface area contributed by atoms with E-state index in [1.165, 1.54) is 0 Å². The minimum atomic E-state index is -0.228. The maximum atomic E-state index is 13.0. The molecule has 2 amide bonds. The summed E-state index contributed by atoms with van der Waals surface area (Å²) in [6.07, 6.45) is 7.18. The Hall–Kier alpha value is -3.41. The van der Waals surface area contributed by atoms with Crippen LogP contribution in [0.1, 0.15) is 28.8 Å². The van der Waals surface area contributed by atoms with Crippen molar-refractivity contribution < 1.29 is 9.59 Å². The molecule has 2 aromatic heterocycles. The van der Waals surface area contributed by atoms with E-state index >= 15 is 0 Å². The number of rotatable bonds is 4. The van der Waals surface area contributed by atoms with Crippen molar-refractivity contribution >= 4 is 17.6 Å². The molecule has 1 aliphatic heterocycles. The molecule has 1 fully saturated rings. The van der Waals surface area contributed by atoms with E-state index in [-0.39, 0.29) is 17.7 Å². The fourth-order valence-corrected chi connectivity index (χ4v) is 3.68. The summed E-state index contributed by atoms with van der Waals surface area (Å²) < 4.78 is 2.00. The summed E-state index contributed by atoms with van der Waals surface area (Å²) in [6, 6.07) is 15.2. The summed E-state index contributed by atoms with van der Waals surface area (Å²) in [6.45, 7) is 3.01. The molecule has 0 saturated carbocycles. The third kappa shape index (κ3) is 4.21. The Labute approximate surface area is 170 Å². The van der Waals surface area contributed by atoms with Crippen LogP contribution in [0, 0.1) is 12.8 Å². The largest absolute Gasteiger partial charge is 0.338 e. The normalized spacial score (nSPS) is 16.4. The van der Waals surface area contributed by atoms with Gasteiger partial charge in [-0.15, -0.1) is 0 Å². The van der Waals surface area contributed by atoms with Crippen molar-refractivity contribution in [2.75, 3.05) is 18.4 Å². The molecule has 0 spiro atoms. The van der Waals surface area contributed by atoms with Gasteiger partial charge in [-0.2, -0.15) is 0 Å². The van der Waals surface area contributed by atoms with Crippen molar-refractivity contribution in [2.24, 2.45) is 5.92 Å². The van der Waals surface area contributed by atoms with Crippen molar-refractivity contribution in [3.8, 4) is 5.69 Å². The lowest BCUT2D eigenvalue weighted by molar-refractivity contribution is -0.121. The molecule has 6 nitrogen and oxygen atoms in total. The number of pyridine rings is 1. The van der Waals surface area contributed by atoms with Gasteiger partial charge in [-0.3, -0.25) is 9.59 Å². The Morgan fingerprint density at radius 2 is 1.83 bits per heavy atom. The average molecular weight is 388 g/mol. The predicted molar refractivity (Wildman–Crippen MR) is 112 cm³/mol. The summed E-state index contributed by atoms with van der Waals surface area (Å²) >= 11 is 0. The third-order valence-corrected chi connectivity index (χ3v) is 5.35. The summed E-state index contributed by atoms with van der Waals surface area (Å²) in [7, 11) is 0. The number of hydrogen-bond donors (Lipinski definition) is 1. The zero-order chi connectivity index (χ0) is 20.2. The number of aryl methyl sites for hydroxylation is 1. The van der Waals surface area contributed by atoms with E-state index in [2.05, 4.69) is 10.3 Å². The standard InChI is InChI=1S/C23H24N4O2/c1-17-6-4-12-24-21(17)25-22(28)19-7-5-15-27(16-19)23(29)18-8-10-20(11-9-18)26-13-2-3-14-26/h2-4,6,8-14,19H,5,7,15-16H2,1H3,(H,24,25,28). The van der Waals surface area contributed by atoms with Crippen molar-refractivity contribution in [3.63, 3.8) is 0 Å². The molecule has 0 bridgehead atoms. The molecule has 1 atom stereocenters. The molecule has 0 radical (unpaired) electrons. The van der Waals surface area contributed by atoms with E-state index in [1.54, 1.807) is 11.1 Å². The first kappa shape index (κ1) is 18.9. The summed E-state index contributed by atoms with van der Waals surface area (Å²) in [5.74, 6) is 0.248. The van der Waals surface area contributed by atoms with Crippen LogP contribution in [-0.2, 0) is 4.79 Å². The zero-order valence-corrected chi connectivity index (χ0v) is 16.4. The van der Waals surface area contributed by atoms with Crippen LogP contribution >= 0.6 is 0 Å². The highest BCUT2D eigenvalue weighted by molar-refractivity contribution is 5.96. The molecule has 1 unspecified atom stereocenters. The van der Waals surface area contributed by atoms with Crippen LogP contribution < -0.4 is 5.32 Å². The first-order valence-corrected chi connectivity index (χ1v) is 9.87. The summed E-state index contributed by atoms with van der Waals surface area (Å²) in [5.41, 5.74) is 2.57. The number of hydrogen-bond acceptors (Lipinski definition) is 3.